The number of nitrogens with zero attached hydrogens (tertiary/aromatic N) is 2. The molecule has 1 aromatic carbocycles. The van der Waals surface area contributed by atoms with Crippen LogP contribution in [0.25, 0.3) is 11.4 Å². The molecule has 0 atom stereocenters. The van der Waals surface area contributed by atoms with Gasteiger partial charge in [0.2, 0.25) is 0 Å². The first-order valence-corrected chi connectivity index (χ1v) is 6.77. The van der Waals surface area contributed by atoms with E-state index in [2.05, 4.69) is 23.0 Å². The maximum absolute atomic E-state index is 11.8. The molecule has 0 amide bonds. The predicted molar refractivity (Wildman–Crippen MR) is 74.1 cm³/mol. The summed E-state index contributed by atoms with van der Waals surface area (Å²) in [5, 5.41) is 0. The van der Waals surface area contributed by atoms with Crippen molar-refractivity contribution >= 4 is 5.78 Å². The van der Waals surface area contributed by atoms with Gasteiger partial charge in [-0.3, -0.25) is 4.79 Å². The fourth-order valence-corrected chi connectivity index (χ4v) is 2.57. The van der Waals surface area contributed by atoms with Gasteiger partial charge in [0.15, 0.2) is 11.6 Å². The first-order valence-electron chi connectivity index (χ1n) is 6.77. The number of benzene rings is 1. The van der Waals surface area contributed by atoms with Gasteiger partial charge in [-0.05, 0) is 24.8 Å². The quantitative estimate of drug-likeness (QED) is 0.824. The van der Waals surface area contributed by atoms with Crippen LogP contribution < -0.4 is 0 Å². The smallest absolute Gasteiger partial charge is 0.166 e. The fraction of sp³-hybridized carbons (Fsp3) is 0.312. The fourth-order valence-electron chi connectivity index (χ4n) is 2.57. The SMILES string of the molecule is CCc1ccccc1-c1ncc2c(n1)CCCC2=O. The average molecular weight is 252 g/mol. The molecule has 0 unspecified atom stereocenters. The van der Waals surface area contributed by atoms with Crippen molar-refractivity contribution in [3.05, 3.63) is 47.3 Å². The highest BCUT2D eigenvalue weighted by molar-refractivity contribution is 5.97. The molecule has 0 aliphatic heterocycles. The van der Waals surface area contributed by atoms with Crippen molar-refractivity contribution in [1.29, 1.82) is 0 Å². The Morgan fingerprint density at radius 3 is 2.84 bits per heavy atom. The van der Waals surface area contributed by atoms with Crippen molar-refractivity contribution in [3.63, 3.8) is 0 Å². The van der Waals surface area contributed by atoms with Crippen LogP contribution >= 0.6 is 0 Å². The van der Waals surface area contributed by atoms with E-state index in [9.17, 15) is 4.79 Å². The van der Waals surface area contributed by atoms with Crippen molar-refractivity contribution in [2.24, 2.45) is 0 Å². The molecular formula is C16H16N2O. The van der Waals surface area contributed by atoms with Gasteiger partial charge in [-0.15, -0.1) is 0 Å². The summed E-state index contributed by atoms with van der Waals surface area (Å²) < 4.78 is 0. The number of carbonyl (C=O) groups is 1. The lowest BCUT2D eigenvalue weighted by Crippen LogP contribution is -2.14. The summed E-state index contributed by atoms with van der Waals surface area (Å²) in [7, 11) is 0. The third-order valence-electron chi connectivity index (χ3n) is 3.62. The van der Waals surface area contributed by atoms with Crippen LogP contribution in [0.2, 0.25) is 0 Å². The Morgan fingerprint density at radius 2 is 2.00 bits per heavy atom. The molecule has 1 aliphatic rings. The first kappa shape index (κ1) is 12.0. The number of hydrogen-bond acceptors (Lipinski definition) is 3. The molecule has 0 bridgehead atoms. The van der Waals surface area contributed by atoms with Crippen LogP contribution in [-0.4, -0.2) is 15.8 Å². The first-order chi connectivity index (χ1) is 9.29. The van der Waals surface area contributed by atoms with Crippen molar-refractivity contribution < 1.29 is 4.79 Å². The van der Waals surface area contributed by atoms with E-state index in [1.807, 2.05) is 18.2 Å². The number of rotatable bonds is 2. The molecule has 0 fully saturated rings. The van der Waals surface area contributed by atoms with Crippen LogP contribution in [0.3, 0.4) is 0 Å². The van der Waals surface area contributed by atoms with Crippen molar-refractivity contribution in [2.75, 3.05) is 0 Å². The van der Waals surface area contributed by atoms with Crippen molar-refractivity contribution in [1.82, 2.24) is 9.97 Å². The minimum absolute atomic E-state index is 0.177. The molecule has 1 aromatic heterocycles. The molecule has 1 heterocycles. The average Bonchev–Trinajstić information content (AvgIpc) is 2.47. The number of Topliss-reactive ketones (excluding diaryl/α,β-unsaturated/α-hetero) is 1. The van der Waals surface area contributed by atoms with Crippen LogP contribution in [0.1, 0.15) is 41.4 Å². The van der Waals surface area contributed by atoms with Crippen LogP contribution in [0.5, 0.6) is 0 Å². The number of carbonyl (C=O) groups excluding carboxylic acids is 1. The summed E-state index contributed by atoms with van der Waals surface area (Å²) in [5.74, 6) is 0.919. The van der Waals surface area contributed by atoms with Gasteiger partial charge in [-0.1, -0.05) is 31.2 Å². The molecule has 96 valence electrons. The number of aryl methyl sites for hydroxylation is 2. The molecule has 19 heavy (non-hydrogen) atoms. The van der Waals surface area contributed by atoms with E-state index in [-0.39, 0.29) is 5.78 Å². The highest BCUT2D eigenvalue weighted by atomic mass is 16.1. The summed E-state index contributed by atoms with van der Waals surface area (Å²) in [6.45, 7) is 2.13. The van der Waals surface area contributed by atoms with Crippen LogP contribution in [0.4, 0.5) is 0 Å². The Labute approximate surface area is 112 Å². The van der Waals surface area contributed by atoms with Gasteiger partial charge in [-0.25, -0.2) is 9.97 Å². The standard InChI is InChI=1S/C16H16N2O/c1-2-11-6-3-4-7-12(11)16-17-10-13-14(18-16)8-5-9-15(13)19/h3-4,6-7,10H,2,5,8-9H2,1H3. The lowest BCUT2D eigenvalue weighted by molar-refractivity contribution is 0.0971. The van der Waals surface area contributed by atoms with Crippen LogP contribution in [-0.2, 0) is 12.8 Å². The second-order valence-electron chi connectivity index (χ2n) is 4.84. The minimum atomic E-state index is 0.177. The van der Waals surface area contributed by atoms with Gasteiger partial charge < -0.3 is 0 Å². The molecule has 0 radical (unpaired) electrons. The third kappa shape index (κ3) is 2.16. The highest BCUT2D eigenvalue weighted by Gasteiger charge is 2.20. The van der Waals surface area contributed by atoms with E-state index in [1.165, 1.54) is 5.56 Å². The molecule has 0 saturated carbocycles. The van der Waals surface area contributed by atoms with Crippen LogP contribution in [0, 0.1) is 0 Å². The molecule has 3 nitrogen and oxygen atoms in total. The Hall–Kier alpha value is -2.03. The molecule has 2 aromatic rings. The number of ketones is 1. The molecule has 0 saturated heterocycles. The molecule has 3 heteroatoms. The maximum atomic E-state index is 11.8. The summed E-state index contributed by atoms with van der Waals surface area (Å²) in [6.07, 6.45) is 5.06. The van der Waals surface area contributed by atoms with E-state index in [0.29, 0.717) is 12.0 Å². The number of hydrogen-bond donors (Lipinski definition) is 0. The lowest BCUT2D eigenvalue weighted by atomic mass is 9.95. The summed E-state index contributed by atoms with van der Waals surface area (Å²) in [5.41, 5.74) is 3.94. The number of aromatic nitrogens is 2. The van der Waals surface area contributed by atoms with E-state index in [4.69, 9.17) is 0 Å². The minimum Gasteiger partial charge on any atom is -0.294 e. The predicted octanol–water partition coefficient (Wildman–Crippen LogP) is 3.23. The largest absolute Gasteiger partial charge is 0.294 e. The van der Waals surface area contributed by atoms with Crippen molar-refractivity contribution in [2.45, 2.75) is 32.6 Å². The summed E-state index contributed by atoms with van der Waals surface area (Å²) in [4.78, 5) is 20.8. The van der Waals surface area contributed by atoms with Gasteiger partial charge >= 0.3 is 0 Å². The number of fused-ring (bicyclic) bond motifs is 1. The topological polar surface area (TPSA) is 42.9 Å². The Balaban J connectivity index is 2.09. The second-order valence-corrected chi connectivity index (χ2v) is 4.84. The highest BCUT2D eigenvalue weighted by Crippen LogP contribution is 2.24. The summed E-state index contributed by atoms with van der Waals surface area (Å²) in [6, 6.07) is 8.18. The Bertz CT molecular complexity index is 634. The zero-order valence-corrected chi connectivity index (χ0v) is 11.0. The van der Waals surface area contributed by atoms with Crippen LogP contribution in [0.15, 0.2) is 30.5 Å². The van der Waals surface area contributed by atoms with Gasteiger partial charge in [-0.2, -0.15) is 0 Å². The van der Waals surface area contributed by atoms with Gasteiger partial charge in [0, 0.05) is 18.2 Å². The zero-order chi connectivity index (χ0) is 13.2. The molecule has 0 spiro atoms. The van der Waals surface area contributed by atoms with E-state index >= 15 is 0 Å². The van der Waals surface area contributed by atoms with E-state index in [0.717, 1.165) is 36.3 Å². The van der Waals surface area contributed by atoms with Gasteiger partial charge in [0.1, 0.15) is 0 Å². The molecule has 1 aliphatic carbocycles. The lowest BCUT2D eigenvalue weighted by Gasteiger charge is -2.14. The maximum Gasteiger partial charge on any atom is 0.166 e. The Morgan fingerprint density at radius 1 is 1.16 bits per heavy atom. The monoisotopic (exact) mass is 252 g/mol. The molecule has 3 rings (SSSR count). The zero-order valence-electron chi connectivity index (χ0n) is 11.0. The third-order valence-corrected chi connectivity index (χ3v) is 3.62. The Kier molecular flexibility index (Phi) is 3.11. The van der Waals surface area contributed by atoms with Crippen molar-refractivity contribution in [3.8, 4) is 11.4 Å². The van der Waals surface area contributed by atoms with E-state index in [1.54, 1.807) is 6.20 Å². The van der Waals surface area contributed by atoms with Gasteiger partial charge in [0.05, 0.1) is 11.3 Å². The molecular weight excluding hydrogens is 236 g/mol. The summed E-state index contributed by atoms with van der Waals surface area (Å²) >= 11 is 0. The van der Waals surface area contributed by atoms with E-state index < -0.39 is 0 Å². The normalized spacial score (nSPS) is 14.3. The van der Waals surface area contributed by atoms with Gasteiger partial charge in [0.25, 0.3) is 0 Å². The molecule has 0 N–H and O–H groups in total. The second kappa shape index (κ2) is 4.92.